The highest BCUT2D eigenvalue weighted by Crippen LogP contribution is 2.23. The molecule has 0 atom stereocenters. The second-order valence-corrected chi connectivity index (χ2v) is 4.96. The molecule has 0 saturated carbocycles. The fourth-order valence-corrected chi connectivity index (χ4v) is 2.10. The molecule has 0 fully saturated rings. The number of aromatic hydroxyl groups is 1. The van der Waals surface area contributed by atoms with Crippen molar-refractivity contribution < 1.29 is 19.6 Å². The van der Waals surface area contributed by atoms with Gasteiger partial charge in [0.25, 0.3) is 11.6 Å². The predicted octanol–water partition coefficient (Wildman–Crippen LogP) is 2.55. The van der Waals surface area contributed by atoms with Crippen LogP contribution < -0.4 is 10.1 Å². The van der Waals surface area contributed by atoms with E-state index in [2.05, 4.69) is 5.32 Å². The molecule has 2 aromatic rings. The van der Waals surface area contributed by atoms with Crippen molar-refractivity contribution in [1.82, 2.24) is 5.32 Å². The van der Waals surface area contributed by atoms with Gasteiger partial charge in [-0.2, -0.15) is 0 Å². The van der Waals surface area contributed by atoms with Crippen molar-refractivity contribution >= 4 is 11.6 Å². The SMILES string of the molecule is COc1ccc(C)cc1C(=O)NCc1cc([N+](=O)[O-])ccc1O. The summed E-state index contributed by atoms with van der Waals surface area (Å²) in [6, 6.07) is 8.85. The summed E-state index contributed by atoms with van der Waals surface area (Å²) in [4.78, 5) is 22.5. The fraction of sp³-hybridized carbons (Fsp3) is 0.188. The molecule has 1 amide bonds. The van der Waals surface area contributed by atoms with Crippen molar-refractivity contribution in [3.8, 4) is 11.5 Å². The molecule has 7 nitrogen and oxygen atoms in total. The van der Waals surface area contributed by atoms with E-state index in [1.165, 1.54) is 25.3 Å². The Labute approximate surface area is 132 Å². The number of nitrogens with one attached hydrogen (secondary N) is 1. The van der Waals surface area contributed by atoms with Gasteiger partial charge < -0.3 is 15.2 Å². The number of nitro groups is 1. The van der Waals surface area contributed by atoms with E-state index in [1.54, 1.807) is 12.1 Å². The first kappa shape index (κ1) is 16.3. The van der Waals surface area contributed by atoms with E-state index < -0.39 is 10.8 Å². The van der Waals surface area contributed by atoms with Crippen molar-refractivity contribution in [1.29, 1.82) is 0 Å². The van der Waals surface area contributed by atoms with Crippen molar-refractivity contribution in [2.45, 2.75) is 13.5 Å². The number of nitro benzene ring substituents is 1. The Hall–Kier alpha value is -3.09. The molecule has 0 aromatic heterocycles. The lowest BCUT2D eigenvalue weighted by Crippen LogP contribution is -2.23. The molecule has 0 spiro atoms. The second kappa shape index (κ2) is 6.78. The minimum absolute atomic E-state index is 0.0383. The number of phenolic OH excluding ortho intramolecular Hbond substituents is 1. The Morgan fingerprint density at radius 2 is 2.04 bits per heavy atom. The van der Waals surface area contributed by atoms with Crippen LogP contribution in [0.15, 0.2) is 36.4 Å². The van der Waals surface area contributed by atoms with E-state index >= 15 is 0 Å². The van der Waals surface area contributed by atoms with Crippen LogP contribution in [0, 0.1) is 17.0 Å². The maximum absolute atomic E-state index is 12.3. The third-order valence-electron chi connectivity index (χ3n) is 3.31. The number of phenols is 1. The zero-order valence-electron chi connectivity index (χ0n) is 12.7. The number of rotatable bonds is 5. The van der Waals surface area contributed by atoms with Crippen molar-refractivity contribution in [2.24, 2.45) is 0 Å². The highest BCUT2D eigenvalue weighted by atomic mass is 16.6. The number of non-ortho nitro benzene ring substituents is 1. The summed E-state index contributed by atoms with van der Waals surface area (Å²) in [6.07, 6.45) is 0. The van der Waals surface area contributed by atoms with Crippen LogP contribution in [0.5, 0.6) is 11.5 Å². The third kappa shape index (κ3) is 3.76. The molecular formula is C16H16N2O5. The lowest BCUT2D eigenvalue weighted by atomic mass is 10.1. The summed E-state index contributed by atoms with van der Waals surface area (Å²) in [5.41, 5.74) is 1.37. The summed E-state index contributed by atoms with van der Waals surface area (Å²) >= 11 is 0. The number of hydrogen-bond acceptors (Lipinski definition) is 5. The third-order valence-corrected chi connectivity index (χ3v) is 3.31. The lowest BCUT2D eigenvalue weighted by Gasteiger charge is -2.11. The molecular weight excluding hydrogens is 300 g/mol. The molecule has 120 valence electrons. The molecule has 7 heteroatoms. The number of carbonyl (C=O) groups is 1. The van der Waals surface area contributed by atoms with E-state index in [-0.39, 0.29) is 23.5 Å². The first-order chi connectivity index (χ1) is 10.9. The van der Waals surface area contributed by atoms with Gasteiger partial charge in [0.15, 0.2) is 0 Å². The van der Waals surface area contributed by atoms with Crippen LogP contribution in [-0.4, -0.2) is 23.0 Å². The van der Waals surface area contributed by atoms with Crippen LogP contribution in [-0.2, 0) is 6.54 Å². The summed E-state index contributed by atoms with van der Waals surface area (Å²) < 4.78 is 5.15. The molecule has 2 aromatic carbocycles. The molecule has 0 aliphatic carbocycles. The minimum atomic E-state index is -0.561. The highest BCUT2D eigenvalue weighted by molar-refractivity contribution is 5.97. The average Bonchev–Trinajstić information content (AvgIpc) is 2.53. The van der Waals surface area contributed by atoms with Gasteiger partial charge in [-0.3, -0.25) is 14.9 Å². The number of amides is 1. The van der Waals surface area contributed by atoms with Crippen LogP contribution in [0.3, 0.4) is 0 Å². The molecule has 2 N–H and O–H groups in total. The van der Waals surface area contributed by atoms with Gasteiger partial charge in [0, 0.05) is 24.2 Å². The van der Waals surface area contributed by atoms with E-state index in [1.807, 2.05) is 13.0 Å². The van der Waals surface area contributed by atoms with Gasteiger partial charge in [-0.05, 0) is 25.1 Å². The van der Waals surface area contributed by atoms with Crippen LogP contribution in [0.2, 0.25) is 0 Å². The molecule has 23 heavy (non-hydrogen) atoms. The average molecular weight is 316 g/mol. The Morgan fingerprint density at radius 1 is 1.30 bits per heavy atom. The minimum Gasteiger partial charge on any atom is -0.508 e. The van der Waals surface area contributed by atoms with E-state index in [4.69, 9.17) is 4.74 Å². The molecule has 0 heterocycles. The number of nitrogens with zero attached hydrogens (tertiary/aromatic N) is 1. The van der Waals surface area contributed by atoms with Crippen molar-refractivity contribution in [2.75, 3.05) is 7.11 Å². The maximum atomic E-state index is 12.3. The maximum Gasteiger partial charge on any atom is 0.270 e. The molecule has 0 radical (unpaired) electrons. The highest BCUT2D eigenvalue weighted by Gasteiger charge is 2.15. The molecule has 0 aliphatic rings. The Kier molecular flexibility index (Phi) is 4.80. The van der Waals surface area contributed by atoms with Gasteiger partial charge in [-0.25, -0.2) is 0 Å². The predicted molar refractivity (Wildman–Crippen MR) is 83.7 cm³/mol. The molecule has 0 unspecified atom stereocenters. The van der Waals surface area contributed by atoms with Crippen molar-refractivity contribution in [3.05, 3.63) is 63.2 Å². The lowest BCUT2D eigenvalue weighted by molar-refractivity contribution is -0.384. The fourth-order valence-electron chi connectivity index (χ4n) is 2.10. The Morgan fingerprint density at radius 3 is 2.70 bits per heavy atom. The quantitative estimate of drug-likeness (QED) is 0.652. The zero-order valence-corrected chi connectivity index (χ0v) is 12.7. The second-order valence-electron chi connectivity index (χ2n) is 4.96. The summed E-state index contributed by atoms with van der Waals surface area (Å²) in [6.45, 7) is 1.81. The zero-order chi connectivity index (χ0) is 17.0. The van der Waals surface area contributed by atoms with Gasteiger partial charge in [0.1, 0.15) is 11.5 Å². The number of carbonyl (C=O) groups excluding carboxylic acids is 1. The van der Waals surface area contributed by atoms with Crippen LogP contribution in [0.25, 0.3) is 0 Å². The molecule has 0 saturated heterocycles. The number of hydrogen-bond donors (Lipinski definition) is 2. The monoisotopic (exact) mass is 316 g/mol. The van der Waals surface area contributed by atoms with Gasteiger partial charge in [-0.1, -0.05) is 11.6 Å². The number of benzene rings is 2. The molecule has 2 rings (SSSR count). The van der Waals surface area contributed by atoms with E-state index in [0.717, 1.165) is 5.56 Å². The van der Waals surface area contributed by atoms with Crippen LogP contribution in [0.1, 0.15) is 21.5 Å². The Balaban J connectivity index is 2.18. The van der Waals surface area contributed by atoms with Gasteiger partial charge in [-0.15, -0.1) is 0 Å². The van der Waals surface area contributed by atoms with Crippen LogP contribution >= 0.6 is 0 Å². The van der Waals surface area contributed by atoms with Gasteiger partial charge in [0.05, 0.1) is 17.6 Å². The summed E-state index contributed by atoms with van der Waals surface area (Å²) in [7, 11) is 1.47. The summed E-state index contributed by atoms with van der Waals surface area (Å²) in [5.74, 6) is -0.0834. The largest absolute Gasteiger partial charge is 0.508 e. The van der Waals surface area contributed by atoms with E-state index in [9.17, 15) is 20.0 Å². The first-order valence-corrected chi connectivity index (χ1v) is 6.81. The number of aryl methyl sites for hydroxylation is 1. The van der Waals surface area contributed by atoms with Gasteiger partial charge in [0.2, 0.25) is 0 Å². The Bertz CT molecular complexity index is 758. The first-order valence-electron chi connectivity index (χ1n) is 6.81. The smallest absolute Gasteiger partial charge is 0.270 e. The number of methoxy groups -OCH3 is 1. The van der Waals surface area contributed by atoms with E-state index in [0.29, 0.717) is 11.3 Å². The standard InChI is InChI=1S/C16H16N2O5/c1-10-3-6-15(23-2)13(7-10)16(20)17-9-11-8-12(18(21)22)4-5-14(11)19/h3-8,19H,9H2,1-2H3,(H,17,20). The number of ether oxygens (including phenoxy) is 1. The molecule has 0 aliphatic heterocycles. The van der Waals surface area contributed by atoms with Gasteiger partial charge >= 0.3 is 0 Å². The summed E-state index contributed by atoms with van der Waals surface area (Å²) in [5, 5.41) is 23.1. The van der Waals surface area contributed by atoms with Crippen LogP contribution in [0.4, 0.5) is 5.69 Å². The molecule has 0 bridgehead atoms. The topological polar surface area (TPSA) is 102 Å². The normalized spacial score (nSPS) is 10.2. The van der Waals surface area contributed by atoms with Crippen molar-refractivity contribution in [3.63, 3.8) is 0 Å².